The van der Waals surface area contributed by atoms with E-state index in [0.717, 1.165) is 5.56 Å². The molecular formula is C14H17IO3. The summed E-state index contributed by atoms with van der Waals surface area (Å²) >= 11 is 2.17. The van der Waals surface area contributed by atoms with Gasteiger partial charge in [0.25, 0.3) is 0 Å². The first-order valence-corrected chi connectivity index (χ1v) is 7.43. The molecular weight excluding hydrogens is 343 g/mol. The molecule has 1 aromatic carbocycles. The van der Waals surface area contributed by atoms with Crippen LogP contribution in [-0.2, 0) is 19.9 Å². The number of esters is 1. The normalized spacial score (nSPS) is 28.2. The van der Waals surface area contributed by atoms with Gasteiger partial charge in [-0.1, -0.05) is 73.7 Å². The molecule has 1 fully saturated rings. The van der Waals surface area contributed by atoms with Crippen LogP contribution in [0, 0.1) is 5.41 Å². The Morgan fingerprint density at radius 1 is 1.28 bits per heavy atom. The van der Waals surface area contributed by atoms with Gasteiger partial charge in [-0.25, -0.2) is 4.79 Å². The van der Waals surface area contributed by atoms with Crippen LogP contribution in [-0.4, -0.2) is 16.7 Å². The van der Waals surface area contributed by atoms with Crippen molar-refractivity contribution in [1.29, 1.82) is 0 Å². The van der Waals surface area contributed by atoms with E-state index in [0.29, 0.717) is 4.43 Å². The lowest BCUT2D eigenvalue weighted by atomic mass is 9.95. The zero-order chi connectivity index (χ0) is 13.4. The summed E-state index contributed by atoms with van der Waals surface area (Å²) in [6.07, 6.45) is -0.500. The highest BCUT2D eigenvalue weighted by Crippen LogP contribution is 2.41. The Kier molecular flexibility index (Phi) is 3.69. The number of benzene rings is 1. The summed E-state index contributed by atoms with van der Waals surface area (Å²) in [5.74, 6) is -0.289. The van der Waals surface area contributed by atoms with Gasteiger partial charge in [0.15, 0.2) is 0 Å². The number of carbonyl (C=O) groups excluding carboxylic acids is 1. The quantitative estimate of drug-likeness (QED) is 0.461. The highest BCUT2D eigenvalue weighted by Gasteiger charge is 2.53. The van der Waals surface area contributed by atoms with E-state index in [2.05, 4.69) is 22.6 Å². The van der Waals surface area contributed by atoms with Crippen LogP contribution in [0.25, 0.3) is 0 Å². The molecule has 0 saturated carbocycles. The van der Waals surface area contributed by atoms with Crippen molar-refractivity contribution >= 4 is 28.6 Å². The third-order valence-electron chi connectivity index (χ3n) is 2.99. The first kappa shape index (κ1) is 13.8. The lowest BCUT2D eigenvalue weighted by Crippen LogP contribution is -2.36. The van der Waals surface area contributed by atoms with E-state index in [-0.39, 0.29) is 11.4 Å². The standard InChI is InChI=1S/C14H17IO3/c1-13(2,3)12-17-11(16)14(9-15,18-12)10-7-5-4-6-8-10/h4-8,12H,9H2,1-3H3/t12-,14+/m0/s1. The smallest absolute Gasteiger partial charge is 0.346 e. The summed E-state index contributed by atoms with van der Waals surface area (Å²) in [6.45, 7) is 6.00. The molecule has 0 unspecified atom stereocenters. The Morgan fingerprint density at radius 3 is 2.33 bits per heavy atom. The molecule has 1 heterocycles. The molecule has 0 spiro atoms. The van der Waals surface area contributed by atoms with Crippen LogP contribution in [0.15, 0.2) is 30.3 Å². The summed E-state index contributed by atoms with van der Waals surface area (Å²) in [5.41, 5.74) is -0.325. The molecule has 0 N–H and O–H groups in total. The van der Waals surface area contributed by atoms with Gasteiger partial charge in [-0.2, -0.15) is 0 Å². The first-order valence-electron chi connectivity index (χ1n) is 5.90. The second-order valence-corrected chi connectivity index (χ2v) is 6.31. The Hall–Kier alpha value is -0.620. The van der Waals surface area contributed by atoms with E-state index < -0.39 is 11.9 Å². The molecule has 4 heteroatoms. The van der Waals surface area contributed by atoms with Crippen LogP contribution in [0.5, 0.6) is 0 Å². The number of carbonyl (C=O) groups is 1. The molecule has 0 aliphatic carbocycles. The minimum Gasteiger partial charge on any atom is -0.433 e. The second-order valence-electron chi connectivity index (χ2n) is 5.55. The molecule has 0 aromatic heterocycles. The van der Waals surface area contributed by atoms with Crippen molar-refractivity contribution in [2.45, 2.75) is 32.7 Å². The zero-order valence-corrected chi connectivity index (χ0v) is 12.9. The molecule has 1 aliphatic rings. The van der Waals surface area contributed by atoms with Crippen LogP contribution in [0.1, 0.15) is 26.3 Å². The van der Waals surface area contributed by atoms with E-state index in [1.165, 1.54) is 0 Å². The fourth-order valence-corrected chi connectivity index (χ4v) is 2.79. The fourth-order valence-electron chi connectivity index (χ4n) is 1.86. The van der Waals surface area contributed by atoms with Crippen molar-refractivity contribution in [3.63, 3.8) is 0 Å². The molecule has 0 bridgehead atoms. The molecule has 18 heavy (non-hydrogen) atoms. The third-order valence-corrected chi connectivity index (χ3v) is 4.06. The van der Waals surface area contributed by atoms with Gasteiger partial charge in [0.05, 0.1) is 0 Å². The summed E-state index contributed by atoms with van der Waals surface area (Å²) in [5, 5.41) is 0. The van der Waals surface area contributed by atoms with Gasteiger partial charge in [-0.3, -0.25) is 0 Å². The van der Waals surface area contributed by atoms with Crippen LogP contribution in [0.4, 0.5) is 0 Å². The summed E-state index contributed by atoms with van der Waals surface area (Å²) in [4.78, 5) is 12.2. The Bertz CT molecular complexity index is 438. The summed E-state index contributed by atoms with van der Waals surface area (Å²) in [6, 6.07) is 9.55. The molecule has 1 aromatic rings. The predicted octanol–water partition coefficient (Wildman–Crippen LogP) is 3.26. The van der Waals surface area contributed by atoms with E-state index in [1.807, 2.05) is 51.1 Å². The number of rotatable bonds is 2. The number of alkyl halides is 1. The predicted molar refractivity (Wildman–Crippen MR) is 77.4 cm³/mol. The SMILES string of the molecule is CC(C)(C)[C@H]1OC(=O)[C@@](CI)(c2ccccc2)O1. The number of halogens is 1. The fraction of sp³-hybridized carbons (Fsp3) is 0.500. The monoisotopic (exact) mass is 360 g/mol. The minimum atomic E-state index is -0.959. The van der Waals surface area contributed by atoms with E-state index >= 15 is 0 Å². The maximum absolute atomic E-state index is 12.2. The largest absolute Gasteiger partial charge is 0.433 e. The molecule has 2 atom stereocenters. The number of ether oxygens (including phenoxy) is 2. The summed E-state index contributed by atoms with van der Waals surface area (Å²) in [7, 11) is 0. The topological polar surface area (TPSA) is 35.5 Å². The summed E-state index contributed by atoms with van der Waals surface area (Å²) < 4.78 is 11.9. The Labute approximate surface area is 121 Å². The lowest BCUT2D eigenvalue weighted by molar-refractivity contribution is -0.155. The van der Waals surface area contributed by atoms with Crippen molar-refractivity contribution in [2.24, 2.45) is 5.41 Å². The lowest BCUT2D eigenvalue weighted by Gasteiger charge is -2.27. The first-order chi connectivity index (χ1) is 8.40. The van der Waals surface area contributed by atoms with Crippen molar-refractivity contribution in [1.82, 2.24) is 0 Å². The van der Waals surface area contributed by atoms with Crippen molar-refractivity contribution in [3.05, 3.63) is 35.9 Å². The van der Waals surface area contributed by atoms with Gasteiger partial charge in [-0.05, 0) is 5.56 Å². The zero-order valence-electron chi connectivity index (χ0n) is 10.8. The molecule has 1 aliphatic heterocycles. The number of hydrogen-bond donors (Lipinski definition) is 0. The van der Waals surface area contributed by atoms with E-state index in [9.17, 15) is 4.79 Å². The molecule has 3 nitrogen and oxygen atoms in total. The van der Waals surface area contributed by atoms with Gasteiger partial charge < -0.3 is 9.47 Å². The van der Waals surface area contributed by atoms with Gasteiger partial charge in [0.1, 0.15) is 0 Å². The number of hydrogen-bond acceptors (Lipinski definition) is 3. The van der Waals surface area contributed by atoms with Crippen LogP contribution >= 0.6 is 22.6 Å². The van der Waals surface area contributed by atoms with Crippen LogP contribution in [0.2, 0.25) is 0 Å². The average Bonchev–Trinajstić information content (AvgIpc) is 2.68. The van der Waals surface area contributed by atoms with Crippen molar-refractivity contribution < 1.29 is 14.3 Å². The van der Waals surface area contributed by atoms with Gasteiger partial charge in [0.2, 0.25) is 11.9 Å². The molecule has 0 radical (unpaired) electrons. The van der Waals surface area contributed by atoms with Crippen molar-refractivity contribution in [3.8, 4) is 0 Å². The maximum atomic E-state index is 12.2. The van der Waals surface area contributed by atoms with E-state index in [1.54, 1.807) is 0 Å². The molecule has 2 rings (SSSR count). The Balaban J connectivity index is 2.38. The Morgan fingerprint density at radius 2 is 1.89 bits per heavy atom. The van der Waals surface area contributed by atoms with Gasteiger partial charge >= 0.3 is 5.97 Å². The average molecular weight is 360 g/mol. The highest BCUT2D eigenvalue weighted by molar-refractivity contribution is 14.1. The minimum absolute atomic E-state index is 0.224. The van der Waals surface area contributed by atoms with E-state index in [4.69, 9.17) is 9.47 Å². The highest BCUT2D eigenvalue weighted by atomic mass is 127. The number of cyclic esters (lactones) is 1. The molecule has 0 amide bonds. The third kappa shape index (κ3) is 2.28. The maximum Gasteiger partial charge on any atom is 0.346 e. The van der Waals surface area contributed by atoms with Crippen molar-refractivity contribution in [2.75, 3.05) is 4.43 Å². The van der Waals surface area contributed by atoms with Gasteiger partial charge in [-0.15, -0.1) is 0 Å². The van der Waals surface area contributed by atoms with Crippen LogP contribution < -0.4 is 0 Å². The second kappa shape index (κ2) is 4.81. The molecule has 1 saturated heterocycles. The van der Waals surface area contributed by atoms with Gasteiger partial charge in [0, 0.05) is 9.84 Å². The van der Waals surface area contributed by atoms with Crippen LogP contribution in [0.3, 0.4) is 0 Å². The molecule has 98 valence electrons.